The lowest BCUT2D eigenvalue weighted by molar-refractivity contribution is -0.137. The number of carbonyl (C=O) groups is 2. The zero-order valence-electron chi connectivity index (χ0n) is 16.7. The largest absolute Gasteiger partial charge is 0.343 e. The average molecular weight is 397 g/mol. The van der Waals surface area contributed by atoms with Gasteiger partial charge in [0.05, 0.1) is 5.92 Å². The van der Waals surface area contributed by atoms with Gasteiger partial charge in [0.15, 0.2) is 0 Å². The Bertz CT molecular complexity index is 935. The van der Waals surface area contributed by atoms with Gasteiger partial charge in [-0.2, -0.15) is 5.10 Å². The molecule has 0 spiro atoms. The zero-order chi connectivity index (χ0) is 20.4. The van der Waals surface area contributed by atoms with E-state index in [0.717, 1.165) is 30.9 Å². The lowest BCUT2D eigenvalue weighted by Crippen LogP contribution is -2.44. The predicted molar refractivity (Wildman–Crippen MR) is 108 cm³/mol. The fraction of sp³-hybridized carbons (Fsp3) is 0.524. The molecule has 0 radical (unpaired) electrons. The molecule has 8 heteroatoms. The van der Waals surface area contributed by atoms with E-state index in [1.54, 1.807) is 9.47 Å². The molecule has 2 aromatic rings. The van der Waals surface area contributed by atoms with E-state index in [1.807, 2.05) is 42.2 Å². The highest BCUT2D eigenvalue weighted by Gasteiger charge is 2.38. The van der Waals surface area contributed by atoms with Crippen LogP contribution < -0.4 is 10.6 Å². The molecular weight excluding hydrogens is 370 g/mol. The van der Waals surface area contributed by atoms with Gasteiger partial charge in [0.2, 0.25) is 11.8 Å². The van der Waals surface area contributed by atoms with Crippen LogP contribution in [0, 0.1) is 11.8 Å². The molecule has 1 aromatic heterocycles. The van der Waals surface area contributed by atoms with Crippen LogP contribution in [0.4, 0.5) is 5.69 Å². The van der Waals surface area contributed by atoms with E-state index in [0.29, 0.717) is 26.1 Å². The second-order valence-electron chi connectivity index (χ2n) is 7.93. The van der Waals surface area contributed by atoms with Gasteiger partial charge in [-0.05, 0) is 37.8 Å². The van der Waals surface area contributed by atoms with Crippen LogP contribution in [0.2, 0.25) is 0 Å². The number of hydrogen-bond acceptors (Lipinski definition) is 4. The van der Waals surface area contributed by atoms with Crippen molar-refractivity contribution >= 4 is 17.5 Å². The highest BCUT2D eigenvalue weighted by molar-refractivity contribution is 6.00. The number of nitrogens with one attached hydrogen (secondary N) is 1. The summed E-state index contributed by atoms with van der Waals surface area (Å²) in [4.78, 5) is 41.0. The lowest BCUT2D eigenvalue weighted by atomic mass is 9.93. The second kappa shape index (κ2) is 8.23. The van der Waals surface area contributed by atoms with Gasteiger partial charge in [0.1, 0.15) is 5.82 Å². The summed E-state index contributed by atoms with van der Waals surface area (Å²) < 4.78 is 1.65. The van der Waals surface area contributed by atoms with E-state index < -0.39 is 0 Å². The molecule has 0 unspecified atom stereocenters. The van der Waals surface area contributed by atoms with Crippen LogP contribution in [-0.4, -0.2) is 51.1 Å². The molecule has 2 fully saturated rings. The van der Waals surface area contributed by atoms with Crippen LogP contribution in [0.15, 0.2) is 35.1 Å². The fourth-order valence-electron chi connectivity index (χ4n) is 4.51. The predicted octanol–water partition coefficient (Wildman–Crippen LogP) is 1.43. The van der Waals surface area contributed by atoms with Crippen molar-refractivity contribution in [1.29, 1.82) is 0 Å². The van der Waals surface area contributed by atoms with Crippen molar-refractivity contribution in [2.45, 2.75) is 39.2 Å². The van der Waals surface area contributed by atoms with Gasteiger partial charge < -0.3 is 9.80 Å². The van der Waals surface area contributed by atoms with Gasteiger partial charge in [-0.15, -0.1) is 0 Å². The van der Waals surface area contributed by atoms with Gasteiger partial charge >= 0.3 is 5.69 Å². The summed E-state index contributed by atoms with van der Waals surface area (Å²) in [6, 6.07) is 9.52. The summed E-state index contributed by atoms with van der Waals surface area (Å²) in [5, 5.41) is 6.67. The van der Waals surface area contributed by atoms with Crippen molar-refractivity contribution < 1.29 is 9.59 Å². The van der Waals surface area contributed by atoms with E-state index >= 15 is 0 Å². The summed E-state index contributed by atoms with van der Waals surface area (Å²) in [5.41, 5.74) is 0.664. The van der Waals surface area contributed by atoms with Crippen molar-refractivity contribution in [3.05, 3.63) is 46.6 Å². The quantitative estimate of drug-likeness (QED) is 0.826. The Kier molecular flexibility index (Phi) is 5.51. The lowest BCUT2D eigenvalue weighted by Gasteiger charge is -2.34. The highest BCUT2D eigenvalue weighted by Crippen LogP contribution is 2.28. The third-order valence-electron chi connectivity index (χ3n) is 6.00. The fourth-order valence-corrected chi connectivity index (χ4v) is 4.51. The Hall–Kier alpha value is -2.90. The molecule has 0 bridgehead atoms. The number of aromatic amines is 1. The van der Waals surface area contributed by atoms with E-state index in [1.165, 1.54) is 0 Å². The summed E-state index contributed by atoms with van der Waals surface area (Å²) in [6.45, 7) is 4.33. The Morgan fingerprint density at radius 2 is 2.00 bits per heavy atom. The van der Waals surface area contributed by atoms with E-state index in [-0.39, 0.29) is 35.8 Å². The van der Waals surface area contributed by atoms with Crippen LogP contribution in [0.3, 0.4) is 0 Å². The summed E-state index contributed by atoms with van der Waals surface area (Å²) in [5.74, 6) is 0.808. The summed E-state index contributed by atoms with van der Waals surface area (Å²) in [7, 11) is 0. The normalized spacial score (nSPS) is 22.3. The number of carbonyl (C=O) groups excluding carboxylic acids is 2. The van der Waals surface area contributed by atoms with Crippen molar-refractivity contribution in [2.75, 3.05) is 24.5 Å². The molecule has 154 valence electrons. The number of para-hydroxylation sites is 1. The van der Waals surface area contributed by atoms with Gasteiger partial charge in [-0.1, -0.05) is 18.2 Å². The maximum Gasteiger partial charge on any atom is 0.343 e. The molecule has 0 aliphatic carbocycles. The Morgan fingerprint density at radius 1 is 1.21 bits per heavy atom. The first-order valence-corrected chi connectivity index (χ1v) is 10.3. The van der Waals surface area contributed by atoms with E-state index in [4.69, 9.17) is 0 Å². The monoisotopic (exact) mass is 397 g/mol. The molecule has 3 heterocycles. The maximum absolute atomic E-state index is 13.1. The standard InChI is InChI=1S/C21H27N5O3/c1-2-25-18(22-23-21(25)29)11-15-7-6-10-24(13-15)20(28)16-12-19(27)26(14-16)17-8-4-3-5-9-17/h3-5,8-9,15-16H,2,6-7,10-14H2,1H3,(H,23,29)/t15-,16+/m0/s1. The van der Waals surface area contributed by atoms with E-state index in [9.17, 15) is 14.4 Å². The number of amides is 2. The number of likely N-dealkylation sites (tertiary alicyclic amines) is 1. The van der Waals surface area contributed by atoms with Gasteiger partial charge in [0, 0.05) is 44.7 Å². The first kappa shape index (κ1) is 19.4. The molecule has 4 rings (SSSR count). The Balaban J connectivity index is 1.40. The number of anilines is 1. The first-order valence-electron chi connectivity index (χ1n) is 10.3. The molecule has 29 heavy (non-hydrogen) atoms. The molecule has 0 saturated carbocycles. The minimum absolute atomic E-state index is 0.00611. The van der Waals surface area contributed by atoms with Crippen LogP contribution in [0.1, 0.15) is 32.0 Å². The third-order valence-corrected chi connectivity index (χ3v) is 6.00. The minimum Gasteiger partial charge on any atom is -0.342 e. The number of nitrogens with zero attached hydrogens (tertiary/aromatic N) is 4. The number of hydrogen-bond donors (Lipinski definition) is 1. The average Bonchev–Trinajstić information content (AvgIpc) is 3.30. The SMILES string of the molecule is CCn1c(C[C@@H]2CCCN(C(=O)[C@@H]3CC(=O)N(c4ccccc4)C3)C2)n[nH]c1=O. The Morgan fingerprint density at radius 3 is 2.76 bits per heavy atom. The number of H-pyrrole nitrogens is 1. The highest BCUT2D eigenvalue weighted by atomic mass is 16.2. The summed E-state index contributed by atoms with van der Waals surface area (Å²) >= 11 is 0. The smallest absolute Gasteiger partial charge is 0.342 e. The topological polar surface area (TPSA) is 91.3 Å². The van der Waals surface area contributed by atoms with Crippen LogP contribution in [0.25, 0.3) is 0 Å². The number of benzene rings is 1. The van der Waals surface area contributed by atoms with Crippen LogP contribution in [0.5, 0.6) is 0 Å². The number of rotatable bonds is 5. The van der Waals surface area contributed by atoms with Gasteiger partial charge in [0.25, 0.3) is 0 Å². The maximum atomic E-state index is 13.1. The molecule has 2 saturated heterocycles. The molecule has 2 amide bonds. The summed E-state index contributed by atoms with van der Waals surface area (Å²) in [6.07, 6.45) is 2.88. The van der Waals surface area contributed by atoms with Crippen molar-refractivity contribution in [2.24, 2.45) is 11.8 Å². The van der Waals surface area contributed by atoms with Crippen LogP contribution in [-0.2, 0) is 22.6 Å². The van der Waals surface area contributed by atoms with Crippen LogP contribution >= 0.6 is 0 Å². The molecule has 2 atom stereocenters. The second-order valence-corrected chi connectivity index (χ2v) is 7.93. The van der Waals surface area contributed by atoms with Crippen molar-refractivity contribution in [1.82, 2.24) is 19.7 Å². The zero-order valence-corrected chi connectivity index (χ0v) is 16.7. The van der Waals surface area contributed by atoms with Gasteiger partial charge in [-0.25, -0.2) is 9.89 Å². The number of piperidine rings is 1. The Labute approximate surface area is 169 Å². The molecular formula is C21H27N5O3. The molecule has 1 aromatic carbocycles. The van der Waals surface area contributed by atoms with Gasteiger partial charge in [-0.3, -0.25) is 14.2 Å². The third kappa shape index (κ3) is 3.97. The molecule has 1 N–H and O–H groups in total. The molecule has 2 aliphatic heterocycles. The molecule has 8 nitrogen and oxygen atoms in total. The van der Waals surface area contributed by atoms with E-state index in [2.05, 4.69) is 10.2 Å². The molecule has 2 aliphatic rings. The van der Waals surface area contributed by atoms with Crippen molar-refractivity contribution in [3.8, 4) is 0 Å². The number of aromatic nitrogens is 3. The minimum atomic E-state index is -0.291. The first-order chi connectivity index (χ1) is 14.1. The van der Waals surface area contributed by atoms with Crippen molar-refractivity contribution in [3.63, 3.8) is 0 Å².